The van der Waals surface area contributed by atoms with Crippen molar-refractivity contribution in [1.29, 1.82) is 0 Å². The van der Waals surface area contributed by atoms with Gasteiger partial charge in [0, 0.05) is 0 Å². The molecule has 5 rings (SSSR count). The van der Waals surface area contributed by atoms with E-state index in [9.17, 15) is 19.5 Å². The first-order valence-electron chi connectivity index (χ1n) is 8.20. The molecule has 1 saturated heterocycles. The van der Waals surface area contributed by atoms with Gasteiger partial charge < -0.3 is 5.11 Å². The number of likely N-dealkylation sites (tertiary alicyclic amines) is 1. The molecule has 1 N–H and O–H groups in total. The molecule has 2 bridgehead atoms. The Morgan fingerprint density at radius 1 is 1.18 bits per heavy atom. The van der Waals surface area contributed by atoms with E-state index in [1.54, 1.807) is 0 Å². The summed E-state index contributed by atoms with van der Waals surface area (Å²) in [6.45, 7) is 3.82. The summed E-state index contributed by atoms with van der Waals surface area (Å²) in [7, 11) is 0. The van der Waals surface area contributed by atoms with E-state index in [-0.39, 0.29) is 41.4 Å². The molecule has 1 heterocycles. The van der Waals surface area contributed by atoms with Gasteiger partial charge in [0.2, 0.25) is 11.8 Å². The number of aliphatic carboxylic acids is 1. The van der Waals surface area contributed by atoms with Crippen LogP contribution in [0.3, 0.4) is 0 Å². The number of carbonyl (C=O) groups excluding carboxylic acids is 2. The SMILES string of the molecule is CC(C)C[C@H](C(=O)O)N1C(=O)[C@H]2[C@@H]3C=C[C@H]([C@@H]4C[C@H]34)[C@@H]2C1=O. The lowest BCUT2D eigenvalue weighted by Gasteiger charge is -2.37. The van der Waals surface area contributed by atoms with Gasteiger partial charge in [-0.3, -0.25) is 14.5 Å². The van der Waals surface area contributed by atoms with Crippen LogP contribution in [0.15, 0.2) is 12.2 Å². The molecule has 0 aromatic rings. The highest BCUT2D eigenvalue weighted by molar-refractivity contribution is 6.08. The van der Waals surface area contributed by atoms with Crippen LogP contribution >= 0.6 is 0 Å². The second-order valence-electron chi connectivity index (χ2n) is 7.68. The third-order valence-corrected chi connectivity index (χ3v) is 5.99. The summed E-state index contributed by atoms with van der Waals surface area (Å²) >= 11 is 0. The minimum Gasteiger partial charge on any atom is -0.480 e. The Balaban J connectivity index is 1.68. The van der Waals surface area contributed by atoms with Crippen LogP contribution in [-0.2, 0) is 14.4 Å². The fourth-order valence-electron chi connectivity index (χ4n) is 5.05. The Morgan fingerprint density at radius 3 is 2.09 bits per heavy atom. The van der Waals surface area contributed by atoms with Gasteiger partial charge in [-0.1, -0.05) is 26.0 Å². The molecule has 3 fully saturated rings. The van der Waals surface area contributed by atoms with E-state index >= 15 is 0 Å². The summed E-state index contributed by atoms with van der Waals surface area (Å²) in [6.07, 6.45) is 5.64. The number of hydrogen-bond donors (Lipinski definition) is 1. The van der Waals surface area contributed by atoms with E-state index < -0.39 is 12.0 Å². The van der Waals surface area contributed by atoms with Gasteiger partial charge in [-0.2, -0.15) is 0 Å². The Hall–Kier alpha value is -1.65. The van der Waals surface area contributed by atoms with Gasteiger partial charge in [0.1, 0.15) is 6.04 Å². The van der Waals surface area contributed by atoms with Crippen LogP contribution in [0.2, 0.25) is 0 Å². The van der Waals surface area contributed by atoms with Gasteiger partial charge in [-0.25, -0.2) is 4.79 Å². The van der Waals surface area contributed by atoms with Crippen molar-refractivity contribution in [3.05, 3.63) is 12.2 Å². The number of allylic oxidation sites excluding steroid dienone is 2. The number of carboxylic acids is 1. The number of carbonyl (C=O) groups is 3. The maximum absolute atomic E-state index is 12.8. The molecule has 118 valence electrons. The smallest absolute Gasteiger partial charge is 0.326 e. The predicted octanol–water partition coefficient (Wildman–Crippen LogP) is 1.54. The molecular weight excluding hydrogens is 282 g/mol. The molecular formula is C17H21NO4. The normalized spacial score (nSPS) is 42.6. The molecule has 4 aliphatic carbocycles. The highest BCUT2D eigenvalue weighted by Gasteiger charge is 2.67. The number of hydrogen-bond acceptors (Lipinski definition) is 3. The van der Waals surface area contributed by atoms with Gasteiger partial charge in [0.25, 0.3) is 0 Å². The lowest BCUT2D eigenvalue weighted by molar-refractivity contribution is -0.155. The molecule has 1 aliphatic heterocycles. The quantitative estimate of drug-likeness (QED) is 0.631. The van der Waals surface area contributed by atoms with Crippen molar-refractivity contribution in [2.75, 3.05) is 0 Å². The topological polar surface area (TPSA) is 74.7 Å². The minimum atomic E-state index is -1.07. The largest absolute Gasteiger partial charge is 0.480 e. The lowest BCUT2D eigenvalue weighted by atomic mass is 9.63. The number of amides is 2. The first-order chi connectivity index (χ1) is 10.4. The van der Waals surface area contributed by atoms with Crippen LogP contribution in [0.25, 0.3) is 0 Å². The van der Waals surface area contributed by atoms with Gasteiger partial charge >= 0.3 is 5.97 Å². The highest BCUT2D eigenvalue weighted by Crippen LogP contribution is 2.65. The molecule has 7 atom stereocenters. The van der Waals surface area contributed by atoms with Crippen molar-refractivity contribution in [3.8, 4) is 0 Å². The molecule has 0 radical (unpaired) electrons. The molecule has 22 heavy (non-hydrogen) atoms. The molecule has 0 aromatic heterocycles. The van der Waals surface area contributed by atoms with E-state index in [0.29, 0.717) is 18.3 Å². The van der Waals surface area contributed by atoms with Crippen molar-refractivity contribution in [3.63, 3.8) is 0 Å². The summed E-state index contributed by atoms with van der Waals surface area (Å²) in [5.41, 5.74) is 0. The monoisotopic (exact) mass is 303 g/mol. The third kappa shape index (κ3) is 1.68. The van der Waals surface area contributed by atoms with E-state index in [4.69, 9.17) is 0 Å². The predicted molar refractivity (Wildman–Crippen MR) is 77.4 cm³/mol. The van der Waals surface area contributed by atoms with Gasteiger partial charge in [0.05, 0.1) is 11.8 Å². The average molecular weight is 303 g/mol. The summed E-state index contributed by atoms with van der Waals surface area (Å²) in [5.74, 6) is -0.666. The fourth-order valence-corrected chi connectivity index (χ4v) is 5.05. The first kappa shape index (κ1) is 14.0. The fraction of sp³-hybridized carbons (Fsp3) is 0.706. The van der Waals surface area contributed by atoms with E-state index in [1.165, 1.54) is 0 Å². The van der Waals surface area contributed by atoms with Crippen LogP contribution in [0.5, 0.6) is 0 Å². The van der Waals surface area contributed by atoms with Crippen LogP contribution in [0.4, 0.5) is 0 Å². The maximum Gasteiger partial charge on any atom is 0.326 e. The van der Waals surface area contributed by atoms with E-state index in [0.717, 1.165) is 11.3 Å². The van der Waals surface area contributed by atoms with E-state index in [1.807, 2.05) is 13.8 Å². The van der Waals surface area contributed by atoms with Crippen molar-refractivity contribution in [2.24, 2.45) is 41.4 Å². The van der Waals surface area contributed by atoms with Gasteiger partial charge in [-0.05, 0) is 42.4 Å². The summed E-state index contributed by atoms with van der Waals surface area (Å²) in [4.78, 5) is 38.4. The Kier molecular flexibility index (Phi) is 2.81. The van der Waals surface area contributed by atoms with Crippen molar-refractivity contribution in [1.82, 2.24) is 4.90 Å². The zero-order valence-corrected chi connectivity index (χ0v) is 12.8. The molecule has 0 aromatic carbocycles. The number of imide groups is 1. The zero-order valence-electron chi connectivity index (χ0n) is 12.8. The van der Waals surface area contributed by atoms with Crippen molar-refractivity contribution in [2.45, 2.75) is 32.7 Å². The molecule has 5 heteroatoms. The Bertz CT molecular complexity index is 559. The van der Waals surface area contributed by atoms with Crippen LogP contribution in [-0.4, -0.2) is 33.8 Å². The number of carboxylic acid groups (broad SMARTS) is 1. The summed E-state index contributed by atoms with van der Waals surface area (Å²) < 4.78 is 0. The summed E-state index contributed by atoms with van der Waals surface area (Å²) in [5, 5.41) is 9.50. The number of nitrogens with zero attached hydrogens (tertiary/aromatic N) is 1. The highest BCUT2D eigenvalue weighted by atomic mass is 16.4. The van der Waals surface area contributed by atoms with Crippen molar-refractivity contribution < 1.29 is 19.5 Å². The summed E-state index contributed by atoms with van der Waals surface area (Å²) in [6, 6.07) is -1.01. The van der Waals surface area contributed by atoms with Gasteiger partial charge in [-0.15, -0.1) is 0 Å². The average Bonchev–Trinajstić information content (AvgIpc) is 3.22. The maximum atomic E-state index is 12.8. The molecule has 2 amide bonds. The Labute approximate surface area is 129 Å². The molecule has 2 saturated carbocycles. The van der Waals surface area contributed by atoms with Crippen LogP contribution < -0.4 is 0 Å². The Morgan fingerprint density at radius 2 is 1.68 bits per heavy atom. The van der Waals surface area contributed by atoms with Crippen LogP contribution in [0, 0.1) is 41.4 Å². The van der Waals surface area contributed by atoms with Gasteiger partial charge in [0.15, 0.2) is 0 Å². The minimum absolute atomic E-state index is 0.118. The van der Waals surface area contributed by atoms with Crippen LogP contribution in [0.1, 0.15) is 26.7 Å². The first-order valence-corrected chi connectivity index (χ1v) is 8.20. The number of rotatable bonds is 4. The molecule has 0 unspecified atom stereocenters. The van der Waals surface area contributed by atoms with Crippen molar-refractivity contribution >= 4 is 17.8 Å². The zero-order chi connectivity index (χ0) is 15.8. The second-order valence-corrected chi connectivity index (χ2v) is 7.68. The second kappa shape index (κ2) is 4.43. The third-order valence-electron chi connectivity index (χ3n) is 5.99. The molecule has 5 nitrogen and oxygen atoms in total. The molecule has 0 spiro atoms. The molecule has 5 aliphatic rings. The lowest BCUT2D eigenvalue weighted by Crippen LogP contribution is -2.46. The standard InChI is InChI=1S/C17H21NO4/c1-7(2)5-12(17(21)22)18-15(19)13-8-3-4-9(11-6-10(8)11)14(13)16(18)20/h3-4,7-14H,5-6H2,1-2H3,(H,21,22)/t8-,9-,10-,11+,12-,13+,14+/m1/s1. The van der Waals surface area contributed by atoms with E-state index in [2.05, 4.69) is 12.2 Å².